The Hall–Kier alpha value is -2.76. The SMILES string of the molecule is Cc1cc(C(=O)N(Cc2ccc(F)cc2)C2CC2)c2cnn(C(C)C)c2n1. The molecule has 0 N–H and O–H groups in total. The fourth-order valence-corrected chi connectivity index (χ4v) is 3.39. The largest absolute Gasteiger partial charge is 0.331 e. The second-order valence-corrected chi connectivity index (χ2v) is 7.52. The number of carbonyl (C=O) groups excluding carboxylic acids is 1. The highest BCUT2D eigenvalue weighted by molar-refractivity contribution is 6.05. The number of rotatable bonds is 5. The van der Waals surface area contributed by atoms with Crippen molar-refractivity contribution in [2.75, 3.05) is 0 Å². The van der Waals surface area contributed by atoms with E-state index < -0.39 is 0 Å². The summed E-state index contributed by atoms with van der Waals surface area (Å²) in [5, 5.41) is 5.22. The Morgan fingerprint density at radius 1 is 1.30 bits per heavy atom. The first-order valence-electron chi connectivity index (χ1n) is 9.34. The Kier molecular flexibility index (Phi) is 4.42. The van der Waals surface area contributed by atoms with E-state index in [1.807, 2.05) is 36.4 Å². The zero-order chi connectivity index (χ0) is 19.1. The maximum absolute atomic E-state index is 13.4. The number of aryl methyl sites for hydroxylation is 1. The van der Waals surface area contributed by atoms with Crippen LogP contribution in [0.3, 0.4) is 0 Å². The van der Waals surface area contributed by atoms with Gasteiger partial charge in [0, 0.05) is 24.3 Å². The lowest BCUT2D eigenvalue weighted by Crippen LogP contribution is -2.32. The van der Waals surface area contributed by atoms with Crippen molar-refractivity contribution in [1.29, 1.82) is 0 Å². The average molecular weight is 366 g/mol. The fourth-order valence-electron chi connectivity index (χ4n) is 3.39. The zero-order valence-corrected chi connectivity index (χ0v) is 15.8. The van der Waals surface area contributed by atoms with Crippen molar-refractivity contribution >= 4 is 16.9 Å². The van der Waals surface area contributed by atoms with Gasteiger partial charge in [0.05, 0.1) is 17.1 Å². The van der Waals surface area contributed by atoms with E-state index in [9.17, 15) is 9.18 Å². The maximum Gasteiger partial charge on any atom is 0.255 e. The Labute approximate surface area is 157 Å². The molecule has 1 amide bonds. The zero-order valence-electron chi connectivity index (χ0n) is 15.8. The van der Waals surface area contributed by atoms with Gasteiger partial charge in [-0.15, -0.1) is 0 Å². The van der Waals surface area contributed by atoms with Crippen molar-refractivity contribution in [3.05, 3.63) is 59.2 Å². The van der Waals surface area contributed by atoms with E-state index >= 15 is 0 Å². The van der Waals surface area contributed by atoms with E-state index in [1.54, 1.807) is 18.3 Å². The summed E-state index contributed by atoms with van der Waals surface area (Å²) in [7, 11) is 0. The standard InChI is InChI=1S/C21H23FN4O/c1-13(2)26-20-19(11-23-26)18(10-14(3)24-20)21(27)25(17-8-9-17)12-15-4-6-16(22)7-5-15/h4-7,10-11,13,17H,8-9,12H2,1-3H3. The number of aromatic nitrogens is 3. The minimum atomic E-state index is -0.268. The first kappa shape index (κ1) is 17.6. The number of fused-ring (bicyclic) bond motifs is 1. The van der Waals surface area contributed by atoms with E-state index in [2.05, 4.69) is 10.1 Å². The number of amides is 1. The molecule has 0 spiro atoms. The molecule has 1 aliphatic carbocycles. The van der Waals surface area contributed by atoms with Crippen LogP contribution in [0.5, 0.6) is 0 Å². The molecule has 6 heteroatoms. The lowest BCUT2D eigenvalue weighted by Gasteiger charge is -2.23. The van der Waals surface area contributed by atoms with Crippen molar-refractivity contribution in [3.8, 4) is 0 Å². The Morgan fingerprint density at radius 3 is 2.63 bits per heavy atom. The highest BCUT2D eigenvalue weighted by Gasteiger charge is 2.34. The van der Waals surface area contributed by atoms with E-state index in [4.69, 9.17) is 0 Å². The third-order valence-electron chi connectivity index (χ3n) is 4.93. The normalized spacial score (nSPS) is 14.1. The summed E-state index contributed by atoms with van der Waals surface area (Å²) in [5.41, 5.74) is 3.10. The molecule has 0 saturated heterocycles. The van der Waals surface area contributed by atoms with Gasteiger partial charge in [0.1, 0.15) is 5.82 Å². The number of halogens is 1. The molecule has 0 atom stereocenters. The average Bonchev–Trinajstić information content (AvgIpc) is 3.38. The molecule has 2 heterocycles. The van der Waals surface area contributed by atoms with Gasteiger partial charge in [-0.2, -0.15) is 5.10 Å². The smallest absolute Gasteiger partial charge is 0.255 e. The van der Waals surface area contributed by atoms with Crippen molar-refractivity contribution in [3.63, 3.8) is 0 Å². The van der Waals surface area contributed by atoms with E-state index in [0.29, 0.717) is 12.1 Å². The molecule has 0 unspecified atom stereocenters. The number of hydrogen-bond donors (Lipinski definition) is 0. The van der Waals surface area contributed by atoms with Gasteiger partial charge in [-0.3, -0.25) is 4.79 Å². The topological polar surface area (TPSA) is 51.0 Å². The molecule has 5 nitrogen and oxygen atoms in total. The van der Waals surface area contributed by atoms with Gasteiger partial charge in [0.15, 0.2) is 5.65 Å². The molecule has 1 aliphatic rings. The van der Waals surface area contributed by atoms with Crippen LogP contribution in [0.1, 0.15) is 54.3 Å². The molecule has 0 radical (unpaired) electrons. The Balaban J connectivity index is 1.72. The van der Waals surface area contributed by atoms with Crippen molar-refractivity contribution in [2.24, 2.45) is 0 Å². The molecule has 1 aromatic carbocycles. The number of carbonyl (C=O) groups is 1. The van der Waals surface area contributed by atoms with E-state index in [-0.39, 0.29) is 23.8 Å². The van der Waals surface area contributed by atoms with Crippen LogP contribution in [0, 0.1) is 12.7 Å². The van der Waals surface area contributed by atoms with Crippen LogP contribution in [0.25, 0.3) is 11.0 Å². The van der Waals surface area contributed by atoms with Crippen LogP contribution in [-0.4, -0.2) is 31.6 Å². The summed E-state index contributed by atoms with van der Waals surface area (Å²) < 4.78 is 15.1. The second-order valence-electron chi connectivity index (χ2n) is 7.52. The minimum absolute atomic E-state index is 0.0133. The van der Waals surface area contributed by atoms with E-state index in [1.165, 1.54) is 12.1 Å². The van der Waals surface area contributed by atoms with Crippen molar-refractivity contribution < 1.29 is 9.18 Å². The van der Waals surface area contributed by atoms with Gasteiger partial charge in [0.25, 0.3) is 5.91 Å². The molecule has 2 aromatic heterocycles. The van der Waals surface area contributed by atoms with Gasteiger partial charge < -0.3 is 4.90 Å². The lowest BCUT2D eigenvalue weighted by molar-refractivity contribution is 0.0731. The van der Waals surface area contributed by atoms with Crippen molar-refractivity contribution in [1.82, 2.24) is 19.7 Å². The van der Waals surface area contributed by atoms with Crippen molar-refractivity contribution in [2.45, 2.75) is 52.2 Å². The molecular weight excluding hydrogens is 343 g/mol. The number of pyridine rings is 1. The molecule has 0 bridgehead atoms. The predicted molar refractivity (Wildman–Crippen MR) is 102 cm³/mol. The van der Waals surface area contributed by atoms with Gasteiger partial charge in [-0.05, 0) is 57.4 Å². The van der Waals surface area contributed by atoms with Crippen LogP contribution >= 0.6 is 0 Å². The third-order valence-corrected chi connectivity index (χ3v) is 4.93. The van der Waals surface area contributed by atoms with Gasteiger partial charge in [0.2, 0.25) is 0 Å². The summed E-state index contributed by atoms with van der Waals surface area (Å²) in [6, 6.07) is 8.60. The van der Waals surface area contributed by atoms with Gasteiger partial charge in [-0.1, -0.05) is 12.1 Å². The molecule has 1 fully saturated rings. The predicted octanol–water partition coefficient (Wildman–Crippen LogP) is 4.26. The monoisotopic (exact) mass is 366 g/mol. The summed E-state index contributed by atoms with van der Waals surface area (Å²) in [4.78, 5) is 19.9. The molecule has 4 rings (SSSR count). The molecule has 1 saturated carbocycles. The lowest BCUT2D eigenvalue weighted by atomic mass is 10.1. The second kappa shape index (κ2) is 6.76. The molecular formula is C21H23FN4O. The summed E-state index contributed by atoms with van der Waals surface area (Å²) in [6.45, 7) is 6.46. The van der Waals surface area contributed by atoms with Gasteiger partial charge in [-0.25, -0.2) is 14.1 Å². The van der Waals surface area contributed by atoms with Crippen LogP contribution in [0.15, 0.2) is 36.5 Å². The summed E-state index contributed by atoms with van der Waals surface area (Å²) in [6.07, 6.45) is 3.74. The maximum atomic E-state index is 13.4. The van der Waals surface area contributed by atoms with Crippen LogP contribution in [-0.2, 0) is 6.54 Å². The Bertz CT molecular complexity index is 989. The highest BCUT2D eigenvalue weighted by atomic mass is 19.1. The summed E-state index contributed by atoms with van der Waals surface area (Å²) >= 11 is 0. The Morgan fingerprint density at radius 2 is 2.00 bits per heavy atom. The first-order chi connectivity index (χ1) is 12.9. The quantitative estimate of drug-likeness (QED) is 0.678. The minimum Gasteiger partial charge on any atom is -0.331 e. The van der Waals surface area contributed by atoms with Crippen LogP contribution in [0.2, 0.25) is 0 Å². The highest BCUT2D eigenvalue weighted by Crippen LogP contribution is 2.31. The molecule has 0 aliphatic heterocycles. The molecule has 140 valence electrons. The number of hydrogen-bond acceptors (Lipinski definition) is 3. The number of benzene rings is 1. The van der Waals surface area contributed by atoms with Gasteiger partial charge >= 0.3 is 0 Å². The number of nitrogens with zero attached hydrogens (tertiary/aromatic N) is 4. The van der Waals surface area contributed by atoms with Crippen LogP contribution < -0.4 is 0 Å². The fraction of sp³-hybridized carbons (Fsp3) is 0.381. The first-order valence-corrected chi connectivity index (χ1v) is 9.34. The van der Waals surface area contributed by atoms with E-state index in [0.717, 1.165) is 35.1 Å². The molecule has 3 aromatic rings. The summed E-state index contributed by atoms with van der Waals surface area (Å²) in [5.74, 6) is -0.281. The van der Waals surface area contributed by atoms with Crippen LogP contribution in [0.4, 0.5) is 4.39 Å². The third kappa shape index (κ3) is 3.44. The molecule has 27 heavy (non-hydrogen) atoms.